The van der Waals surface area contributed by atoms with Crippen molar-refractivity contribution >= 4 is 28.8 Å². The summed E-state index contributed by atoms with van der Waals surface area (Å²) in [6, 6.07) is 24.5. The molecule has 0 N–H and O–H groups in total. The third-order valence-corrected chi connectivity index (χ3v) is 7.35. The van der Waals surface area contributed by atoms with E-state index in [1.54, 1.807) is 22.8 Å². The molecule has 0 fully saturated rings. The number of hydrogen-bond acceptors (Lipinski definition) is 5. The minimum atomic E-state index is -0.431. The van der Waals surface area contributed by atoms with Crippen LogP contribution in [0.25, 0.3) is 11.8 Å². The van der Waals surface area contributed by atoms with Crippen LogP contribution in [0.15, 0.2) is 94.2 Å². The van der Waals surface area contributed by atoms with Crippen molar-refractivity contribution in [3.63, 3.8) is 0 Å². The molecule has 4 aromatic rings. The first-order valence-corrected chi connectivity index (χ1v) is 11.8. The second-order valence-corrected chi connectivity index (χ2v) is 9.39. The van der Waals surface area contributed by atoms with Gasteiger partial charge in [0.25, 0.3) is 11.2 Å². The van der Waals surface area contributed by atoms with Crippen molar-refractivity contribution in [1.29, 1.82) is 0 Å². The van der Waals surface area contributed by atoms with Crippen molar-refractivity contribution in [2.24, 2.45) is 4.99 Å². The van der Waals surface area contributed by atoms with Crippen LogP contribution in [-0.2, 0) is 6.42 Å². The van der Waals surface area contributed by atoms with Gasteiger partial charge in [-0.1, -0.05) is 78.1 Å². The van der Waals surface area contributed by atoms with Crippen LogP contribution in [0.3, 0.4) is 0 Å². The number of rotatable bonds is 3. The van der Waals surface area contributed by atoms with Gasteiger partial charge >= 0.3 is 0 Å². The Morgan fingerprint density at radius 1 is 1.00 bits per heavy atom. The molecule has 166 valence electrons. The number of nitro groups is 1. The van der Waals surface area contributed by atoms with Crippen molar-refractivity contribution in [3.8, 4) is 0 Å². The highest BCUT2D eigenvalue weighted by atomic mass is 32.1. The lowest BCUT2D eigenvalue weighted by atomic mass is 9.83. The molecule has 1 atom stereocenters. The predicted octanol–water partition coefficient (Wildman–Crippen LogP) is 4.23. The quantitative estimate of drug-likeness (QED) is 0.336. The SMILES string of the molecule is O=c1/c(=C/c2cccc([N+](=O)[O-])c2)sc2n1[C@H](c1ccccc1)C1=C(N=2)c2ccccc2CC1. The predicted molar refractivity (Wildman–Crippen MR) is 132 cm³/mol. The van der Waals surface area contributed by atoms with E-state index < -0.39 is 4.92 Å². The van der Waals surface area contributed by atoms with Crippen molar-refractivity contribution in [1.82, 2.24) is 4.57 Å². The van der Waals surface area contributed by atoms with E-state index in [4.69, 9.17) is 4.99 Å². The molecule has 1 aliphatic carbocycles. The summed E-state index contributed by atoms with van der Waals surface area (Å²) in [6.45, 7) is 0. The van der Waals surface area contributed by atoms with Gasteiger partial charge in [-0.2, -0.15) is 0 Å². The maximum Gasteiger partial charge on any atom is 0.271 e. The first kappa shape index (κ1) is 20.5. The highest BCUT2D eigenvalue weighted by molar-refractivity contribution is 7.07. The highest BCUT2D eigenvalue weighted by Gasteiger charge is 2.32. The van der Waals surface area contributed by atoms with Crippen molar-refractivity contribution < 1.29 is 4.92 Å². The normalized spacial score (nSPS) is 16.9. The summed E-state index contributed by atoms with van der Waals surface area (Å²) in [7, 11) is 0. The topological polar surface area (TPSA) is 77.5 Å². The van der Waals surface area contributed by atoms with E-state index >= 15 is 0 Å². The highest BCUT2D eigenvalue weighted by Crippen LogP contribution is 2.41. The van der Waals surface area contributed by atoms with Crippen molar-refractivity contribution in [3.05, 3.63) is 136 Å². The lowest BCUT2D eigenvalue weighted by molar-refractivity contribution is -0.384. The Hall–Kier alpha value is -4.10. The van der Waals surface area contributed by atoms with E-state index in [0.29, 0.717) is 14.9 Å². The lowest BCUT2D eigenvalue weighted by Crippen LogP contribution is -2.38. The molecule has 0 unspecified atom stereocenters. The molecule has 6 rings (SSSR count). The summed E-state index contributed by atoms with van der Waals surface area (Å²) >= 11 is 1.32. The van der Waals surface area contributed by atoms with Crippen LogP contribution in [0, 0.1) is 10.1 Å². The van der Waals surface area contributed by atoms with E-state index in [1.807, 2.05) is 24.3 Å². The standard InChI is InChI=1S/C27H19N3O3S/c31-26-23(16-17-7-6-11-20(15-17)30(32)33)34-27-28-24-21-12-5-4-8-18(21)13-14-22(24)25(29(26)27)19-9-2-1-3-10-19/h1-12,15-16,25H,13-14H2/b23-16-/t25-/m1/s1. The molecule has 7 heteroatoms. The summed E-state index contributed by atoms with van der Waals surface area (Å²) in [5, 5.41) is 11.2. The molecular weight excluding hydrogens is 446 g/mol. The van der Waals surface area contributed by atoms with Crippen molar-refractivity contribution in [2.75, 3.05) is 0 Å². The van der Waals surface area contributed by atoms with Gasteiger partial charge in [-0.05, 0) is 41.2 Å². The van der Waals surface area contributed by atoms with Gasteiger partial charge in [0.15, 0.2) is 4.80 Å². The molecule has 34 heavy (non-hydrogen) atoms. The van der Waals surface area contributed by atoms with E-state index in [9.17, 15) is 14.9 Å². The zero-order chi connectivity index (χ0) is 23.2. The van der Waals surface area contributed by atoms with Gasteiger partial charge in [0.2, 0.25) is 0 Å². The summed E-state index contributed by atoms with van der Waals surface area (Å²) in [4.78, 5) is 30.1. The third-order valence-electron chi connectivity index (χ3n) is 6.37. The molecule has 1 aromatic heterocycles. The van der Waals surface area contributed by atoms with E-state index in [2.05, 4.69) is 30.3 Å². The Morgan fingerprint density at radius 2 is 1.79 bits per heavy atom. The number of allylic oxidation sites excluding steroid dienone is 1. The molecule has 0 spiro atoms. The fraction of sp³-hybridized carbons (Fsp3) is 0.111. The number of thiazole rings is 1. The lowest BCUT2D eigenvalue weighted by Gasteiger charge is -2.30. The average Bonchev–Trinajstić information content (AvgIpc) is 3.17. The number of nitrogens with zero attached hydrogens (tertiary/aromatic N) is 3. The van der Waals surface area contributed by atoms with Gasteiger partial charge in [0.1, 0.15) is 0 Å². The molecule has 0 radical (unpaired) electrons. The Morgan fingerprint density at radius 3 is 2.62 bits per heavy atom. The summed E-state index contributed by atoms with van der Waals surface area (Å²) in [5.41, 5.74) is 6.04. The Labute approximate surface area is 198 Å². The number of non-ortho nitro benzene ring substituents is 1. The Balaban J connectivity index is 1.60. The fourth-order valence-electron chi connectivity index (χ4n) is 4.84. The second-order valence-electron chi connectivity index (χ2n) is 8.38. The largest absolute Gasteiger partial charge is 0.272 e. The Kier molecular flexibility index (Phi) is 4.85. The molecule has 0 saturated carbocycles. The fourth-order valence-corrected chi connectivity index (χ4v) is 5.84. The monoisotopic (exact) mass is 465 g/mol. The second kappa shape index (κ2) is 8.04. The first-order chi connectivity index (χ1) is 16.6. The number of hydrogen-bond donors (Lipinski definition) is 0. The van der Waals surface area contributed by atoms with E-state index in [-0.39, 0.29) is 17.3 Å². The molecule has 0 saturated heterocycles. The van der Waals surface area contributed by atoms with Gasteiger partial charge in [-0.25, -0.2) is 4.99 Å². The smallest absolute Gasteiger partial charge is 0.271 e. The van der Waals surface area contributed by atoms with Crippen LogP contribution < -0.4 is 14.9 Å². The number of aromatic nitrogens is 1. The van der Waals surface area contributed by atoms with Gasteiger partial charge in [0.05, 0.1) is 21.2 Å². The van der Waals surface area contributed by atoms with Gasteiger partial charge in [0, 0.05) is 17.7 Å². The van der Waals surface area contributed by atoms with Gasteiger partial charge < -0.3 is 0 Å². The number of benzene rings is 3. The van der Waals surface area contributed by atoms with Crippen LogP contribution in [0.5, 0.6) is 0 Å². The minimum absolute atomic E-state index is 0.00393. The summed E-state index contributed by atoms with van der Waals surface area (Å²) in [5.74, 6) is 0. The zero-order valence-electron chi connectivity index (χ0n) is 18.0. The van der Waals surface area contributed by atoms with Crippen LogP contribution >= 0.6 is 11.3 Å². The molecule has 2 heterocycles. The third kappa shape index (κ3) is 3.33. The summed E-state index contributed by atoms with van der Waals surface area (Å²) < 4.78 is 2.30. The zero-order valence-corrected chi connectivity index (χ0v) is 18.9. The number of aryl methyl sites for hydroxylation is 1. The van der Waals surface area contributed by atoms with Crippen LogP contribution in [0.1, 0.15) is 34.7 Å². The molecular formula is C27H19N3O3S. The van der Waals surface area contributed by atoms with Crippen LogP contribution in [-0.4, -0.2) is 9.49 Å². The maximum atomic E-state index is 13.7. The minimum Gasteiger partial charge on any atom is -0.272 e. The molecule has 0 bridgehead atoms. The van der Waals surface area contributed by atoms with Gasteiger partial charge in [-0.15, -0.1) is 0 Å². The van der Waals surface area contributed by atoms with E-state index in [1.165, 1.54) is 29.0 Å². The molecule has 6 nitrogen and oxygen atoms in total. The molecule has 3 aromatic carbocycles. The first-order valence-electron chi connectivity index (χ1n) is 11.0. The molecule has 2 aliphatic rings. The van der Waals surface area contributed by atoms with Crippen LogP contribution in [0.4, 0.5) is 5.69 Å². The molecule has 0 amide bonds. The van der Waals surface area contributed by atoms with Gasteiger partial charge in [-0.3, -0.25) is 19.5 Å². The number of nitro benzene ring substituents is 1. The van der Waals surface area contributed by atoms with Crippen LogP contribution in [0.2, 0.25) is 0 Å². The molecule has 1 aliphatic heterocycles. The summed E-state index contributed by atoms with van der Waals surface area (Å²) in [6.07, 6.45) is 3.46. The average molecular weight is 466 g/mol. The Bertz CT molecular complexity index is 1670. The van der Waals surface area contributed by atoms with Crippen molar-refractivity contribution in [2.45, 2.75) is 18.9 Å². The maximum absolute atomic E-state index is 13.7. The van der Waals surface area contributed by atoms with E-state index in [0.717, 1.165) is 35.2 Å². The number of fused-ring (bicyclic) bond motifs is 3.